The third kappa shape index (κ3) is 72.8. The van der Waals surface area contributed by atoms with Gasteiger partial charge in [-0.05, 0) is 57.4 Å². The van der Waals surface area contributed by atoms with Crippen LogP contribution in [0.3, 0.4) is 0 Å². The van der Waals surface area contributed by atoms with E-state index in [1.165, 1.54) is 347 Å². The molecule has 3 unspecified atom stereocenters. The van der Waals surface area contributed by atoms with Crippen LogP contribution in [-0.2, 0) is 27.9 Å². The van der Waals surface area contributed by atoms with Crippen LogP contribution in [0.4, 0.5) is 0 Å². The normalized spacial score (nSPS) is 13.4. The summed E-state index contributed by atoms with van der Waals surface area (Å²) in [6.45, 7) is 6.93. The number of allylic oxidation sites excluding steroid dienone is 3. The van der Waals surface area contributed by atoms with Gasteiger partial charge in [0.05, 0.1) is 33.8 Å². The molecule has 10 heteroatoms. The minimum atomic E-state index is -4.70. The summed E-state index contributed by atoms with van der Waals surface area (Å²) in [7, 11) is 1.21. The quantitative estimate of drug-likeness (QED) is 0.0212. The van der Waals surface area contributed by atoms with Gasteiger partial charge in [-0.15, -0.1) is 0 Å². The molecule has 0 fully saturated rings. The molecule has 0 aliphatic rings. The number of nitrogens with zero attached hydrogens (tertiary/aromatic N) is 1. The number of phosphoric acid groups is 1. The van der Waals surface area contributed by atoms with Gasteiger partial charge in [0.15, 0.2) is 0 Å². The number of carbonyl (C=O) groups excluding carboxylic acids is 2. The maximum atomic E-state index is 13.7. The zero-order chi connectivity index (χ0) is 67.0. The van der Waals surface area contributed by atoms with Crippen molar-refractivity contribution >= 4 is 19.7 Å². The van der Waals surface area contributed by atoms with Crippen LogP contribution in [-0.4, -0.2) is 69.4 Å². The Morgan fingerprint density at radius 3 is 0.924 bits per heavy atom. The smallest absolute Gasteiger partial charge is 0.306 e. The van der Waals surface area contributed by atoms with Gasteiger partial charge in [0, 0.05) is 12.8 Å². The number of carbonyl (C=O) groups is 2. The number of unbranched alkanes of at least 4 members (excludes halogenated alkanes) is 59. The van der Waals surface area contributed by atoms with Crippen LogP contribution >= 0.6 is 7.82 Å². The lowest BCUT2D eigenvalue weighted by Crippen LogP contribution is -2.47. The largest absolute Gasteiger partial charge is 0.756 e. The Morgan fingerprint density at radius 2 is 0.630 bits per heavy atom. The first kappa shape index (κ1) is 90.5. The second kappa shape index (κ2) is 72.2. The lowest BCUT2D eigenvalue weighted by molar-refractivity contribution is -0.870. The van der Waals surface area contributed by atoms with Crippen molar-refractivity contribution in [2.24, 2.45) is 0 Å². The zero-order valence-electron chi connectivity index (χ0n) is 62.8. The molecular formula is C82H161N2O7P. The average molecular weight is 1320 g/mol. The number of ether oxygens (including phenoxy) is 1. The lowest BCUT2D eigenvalue weighted by Gasteiger charge is -2.30. The van der Waals surface area contributed by atoms with E-state index in [2.05, 4.69) is 38.2 Å². The Bertz CT molecular complexity index is 1620. The maximum absolute atomic E-state index is 13.7. The van der Waals surface area contributed by atoms with Crippen molar-refractivity contribution in [2.45, 2.75) is 450 Å². The first-order chi connectivity index (χ1) is 44.9. The van der Waals surface area contributed by atoms with E-state index in [1.54, 1.807) is 0 Å². The highest BCUT2D eigenvalue weighted by Crippen LogP contribution is 2.38. The molecule has 0 saturated heterocycles. The number of esters is 1. The summed E-state index contributed by atoms with van der Waals surface area (Å²) in [6.07, 6.45) is 90.6. The number of amides is 1. The summed E-state index contributed by atoms with van der Waals surface area (Å²) in [4.78, 5) is 40.3. The summed E-state index contributed by atoms with van der Waals surface area (Å²) in [5, 5.41) is 3.06. The van der Waals surface area contributed by atoms with E-state index < -0.39 is 20.0 Å². The molecule has 546 valence electrons. The van der Waals surface area contributed by atoms with Crippen molar-refractivity contribution in [1.29, 1.82) is 0 Å². The summed E-state index contributed by atoms with van der Waals surface area (Å²) in [5.74, 6) is -0.511. The van der Waals surface area contributed by atoms with Crippen molar-refractivity contribution < 1.29 is 37.3 Å². The van der Waals surface area contributed by atoms with Crippen LogP contribution in [0.25, 0.3) is 0 Å². The number of phosphoric ester groups is 1. The molecule has 0 radical (unpaired) electrons. The topological polar surface area (TPSA) is 114 Å². The van der Waals surface area contributed by atoms with Gasteiger partial charge < -0.3 is 28.5 Å². The predicted molar refractivity (Wildman–Crippen MR) is 400 cm³/mol. The van der Waals surface area contributed by atoms with Crippen molar-refractivity contribution in [2.75, 3.05) is 40.9 Å². The summed E-state index contributed by atoms with van der Waals surface area (Å²) in [5.41, 5.74) is 0. The van der Waals surface area contributed by atoms with Crippen LogP contribution in [0.2, 0.25) is 0 Å². The van der Waals surface area contributed by atoms with Gasteiger partial charge in [-0.1, -0.05) is 392 Å². The third-order valence-corrected chi connectivity index (χ3v) is 20.1. The predicted octanol–water partition coefficient (Wildman–Crippen LogP) is 26.1. The van der Waals surface area contributed by atoms with E-state index >= 15 is 0 Å². The van der Waals surface area contributed by atoms with E-state index in [0.717, 1.165) is 57.8 Å². The molecule has 0 aliphatic heterocycles. The van der Waals surface area contributed by atoms with Gasteiger partial charge in [0.2, 0.25) is 5.91 Å². The first-order valence-electron chi connectivity index (χ1n) is 41.1. The third-order valence-electron chi connectivity index (χ3n) is 19.1. The van der Waals surface area contributed by atoms with E-state index in [9.17, 15) is 19.0 Å². The average Bonchev–Trinajstić information content (AvgIpc) is 3.72. The van der Waals surface area contributed by atoms with Crippen molar-refractivity contribution in [3.05, 3.63) is 24.3 Å². The number of likely N-dealkylation sites (N-methyl/N-ethyl adjacent to an activating group) is 1. The molecule has 0 rings (SSSR count). The van der Waals surface area contributed by atoms with E-state index in [0.29, 0.717) is 17.4 Å². The number of hydrogen-bond acceptors (Lipinski definition) is 7. The number of hydrogen-bond donors (Lipinski definition) is 1. The molecule has 0 aliphatic carbocycles. The van der Waals surface area contributed by atoms with Crippen LogP contribution in [0.15, 0.2) is 24.3 Å². The summed E-state index contributed by atoms with van der Waals surface area (Å²) >= 11 is 0. The second-order valence-electron chi connectivity index (χ2n) is 29.6. The van der Waals surface area contributed by atoms with Gasteiger partial charge >= 0.3 is 5.97 Å². The molecule has 0 heterocycles. The minimum Gasteiger partial charge on any atom is -0.756 e. The van der Waals surface area contributed by atoms with Crippen LogP contribution < -0.4 is 10.2 Å². The van der Waals surface area contributed by atoms with Gasteiger partial charge in [-0.3, -0.25) is 14.2 Å². The van der Waals surface area contributed by atoms with Crippen molar-refractivity contribution in [3.63, 3.8) is 0 Å². The number of quaternary nitrogens is 1. The molecule has 9 nitrogen and oxygen atoms in total. The van der Waals surface area contributed by atoms with E-state index in [1.807, 2.05) is 33.3 Å². The molecule has 0 saturated carbocycles. The molecule has 3 atom stereocenters. The molecule has 92 heavy (non-hydrogen) atoms. The number of rotatable bonds is 77. The Kier molecular flexibility index (Phi) is 71.1. The summed E-state index contributed by atoms with van der Waals surface area (Å²) < 4.78 is 30.6. The van der Waals surface area contributed by atoms with Gasteiger partial charge in [-0.2, -0.15) is 0 Å². The number of nitrogens with one attached hydrogen (secondary N) is 1. The highest BCUT2D eigenvalue weighted by Gasteiger charge is 2.27. The monoisotopic (exact) mass is 1320 g/mol. The van der Waals surface area contributed by atoms with Crippen LogP contribution in [0.5, 0.6) is 0 Å². The fraction of sp³-hybridized carbons (Fsp3) is 0.927. The Hall–Kier alpha value is -1.51. The van der Waals surface area contributed by atoms with Crippen molar-refractivity contribution in [3.8, 4) is 0 Å². The standard InChI is InChI=1S/C82H161N2O7P/c1-7-10-13-16-19-22-25-28-30-32-34-36-38-40-42-44-46-48-50-52-54-56-59-62-65-68-71-74-81(85)83-79(78-90-92(87,88)89-77-76-84(4,5)6)80(73-70-67-64-61-58-27-24-21-18-15-12-9-3)91-82(86)75-72-69-66-63-60-57-55-53-51-49-47-45-43-41-39-37-35-33-31-29-26-23-20-17-14-11-8-2/h29,31,70,73,79-80H,7-28,30,32-69,71-72,74-78H2,1-6H3,(H-,83,85,87,88)/b31-29+,73-70+. The molecule has 0 bridgehead atoms. The Morgan fingerprint density at radius 1 is 0.370 bits per heavy atom. The van der Waals surface area contributed by atoms with E-state index in [4.69, 9.17) is 13.8 Å². The SMILES string of the molecule is CCCCCCCC/C=C/CCCCCCCCCCCCCCCCCCCC(=O)OC(/C=C/CCCCCCCCCCCC)C(COP(=O)([O-])OCC[N+](C)(C)C)NC(=O)CCCCCCCCCCCCCCCCCCCCCCCCCCCCC. The Balaban J connectivity index is 4.84. The zero-order valence-corrected chi connectivity index (χ0v) is 63.7. The van der Waals surface area contributed by atoms with Gasteiger partial charge in [0.25, 0.3) is 7.82 Å². The lowest BCUT2D eigenvalue weighted by atomic mass is 10.0. The Labute approximate surface area is 574 Å². The molecular weight excluding hydrogens is 1160 g/mol. The molecule has 0 aromatic carbocycles. The summed E-state index contributed by atoms with van der Waals surface area (Å²) in [6, 6.07) is -0.884. The van der Waals surface area contributed by atoms with E-state index in [-0.39, 0.29) is 31.5 Å². The van der Waals surface area contributed by atoms with Gasteiger partial charge in [0.1, 0.15) is 19.3 Å². The van der Waals surface area contributed by atoms with Crippen LogP contribution in [0.1, 0.15) is 438 Å². The highest BCUT2D eigenvalue weighted by molar-refractivity contribution is 7.45. The fourth-order valence-electron chi connectivity index (χ4n) is 12.8. The molecule has 0 aromatic rings. The molecule has 1 amide bonds. The molecule has 1 N–H and O–H groups in total. The highest BCUT2D eigenvalue weighted by atomic mass is 31.2. The fourth-order valence-corrected chi connectivity index (χ4v) is 13.5. The van der Waals surface area contributed by atoms with Crippen molar-refractivity contribution in [1.82, 2.24) is 5.32 Å². The minimum absolute atomic E-state index is 0.0173. The molecule has 0 aromatic heterocycles. The molecule has 0 spiro atoms. The maximum Gasteiger partial charge on any atom is 0.306 e. The second-order valence-corrected chi connectivity index (χ2v) is 31.0. The van der Waals surface area contributed by atoms with Gasteiger partial charge in [-0.25, -0.2) is 0 Å². The van der Waals surface area contributed by atoms with Crippen LogP contribution in [0, 0.1) is 0 Å². The first-order valence-corrected chi connectivity index (χ1v) is 42.6.